The maximum atomic E-state index is 11.3. The average molecular weight is 465 g/mol. The smallest absolute Gasteiger partial charge is 0.193 e. The molecule has 0 saturated carbocycles. The number of unbranched alkanes of at least 4 members (excludes halogenated alkanes) is 1. The largest absolute Gasteiger partial charge is 0.352 e. The molecule has 7 heteroatoms. The lowest BCUT2D eigenvalue weighted by molar-refractivity contribution is 0.470. The Hall–Kier alpha value is -1.09. The average Bonchev–Trinajstić information content (AvgIpc) is 2.48. The van der Waals surface area contributed by atoms with Crippen molar-refractivity contribution in [1.29, 1.82) is 0 Å². The van der Waals surface area contributed by atoms with E-state index in [-0.39, 0.29) is 29.7 Å². The molecule has 0 saturated heterocycles. The number of guanidine groups is 1. The topological polar surface area (TPSA) is 61.8 Å². The van der Waals surface area contributed by atoms with Crippen molar-refractivity contribution >= 4 is 39.8 Å². The van der Waals surface area contributed by atoms with Crippen LogP contribution in [0, 0.1) is 0 Å². The molecule has 0 bridgehead atoms. The van der Waals surface area contributed by atoms with Crippen molar-refractivity contribution in [2.75, 3.05) is 26.9 Å². The second-order valence-corrected chi connectivity index (χ2v) is 7.78. The molecule has 0 radical (unpaired) electrons. The van der Waals surface area contributed by atoms with Crippen molar-refractivity contribution < 1.29 is 8.42 Å². The van der Waals surface area contributed by atoms with Crippen molar-refractivity contribution in [3.63, 3.8) is 0 Å². The molecule has 1 N–H and O–H groups in total. The van der Waals surface area contributed by atoms with Crippen LogP contribution in [-0.2, 0) is 22.1 Å². The molecule has 5 nitrogen and oxygen atoms in total. The molecular weight excluding hydrogens is 437 g/mol. The zero-order chi connectivity index (χ0) is 17.3. The van der Waals surface area contributed by atoms with Crippen LogP contribution in [-0.4, -0.2) is 46.2 Å². The van der Waals surface area contributed by atoms with E-state index in [1.807, 2.05) is 37.4 Å². The van der Waals surface area contributed by atoms with Crippen molar-refractivity contribution in [3.8, 4) is 0 Å². The highest BCUT2D eigenvalue weighted by Crippen LogP contribution is 2.08. The molecule has 0 aliphatic rings. The third-order valence-corrected chi connectivity index (χ3v) is 4.24. The summed E-state index contributed by atoms with van der Waals surface area (Å²) in [5.41, 5.74) is 1.89. The number of sulfone groups is 1. The van der Waals surface area contributed by atoms with Gasteiger partial charge < -0.3 is 10.2 Å². The number of nitrogens with one attached hydrogen (secondary N) is 1. The first-order valence-electron chi connectivity index (χ1n) is 7.64. The summed E-state index contributed by atoms with van der Waals surface area (Å²) in [5, 5.41) is 3.31. The predicted octanol–water partition coefficient (Wildman–Crippen LogP) is 2.82. The van der Waals surface area contributed by atoms with Gasteiger partial charge in [-0.25, -0.2) is 8.42 Å². The minimum Gasteiger partial charge on any atom is -0.352 e. The Kier molecular flexibility index (Phi) is 10.9. The lowest BCUT2D eigenvalue weighted by atomic mass is 10.1. The first kappa shape index (κ1) is 22.9. The van der Waals surface area contributed by atoms with Crippen molar-refractivity contribution in [2.24, 2.45) is 4.99 Å². The number of allylic oxidation sites excluding steroid dienone is 1. The van der Waals surface area contributed by atoms with Gasteiger partial charge >= 0.3 is 0 Å². The zero-order valence-electron chi connectivity index (χ0n) is 14.7. The highest BCUT2D eigenvalue weighted by Gasteiger charge is 2.06. The fraction of sp³-hybridized carbons (Fsp3) is 0.471. The van der Waals surface area contributed by atoms with Crippen LogP contribution >= 0.6 is 24.0 Å². The van der Waals surface area contributed by atoms with Gasteiger partial charge in [0.1, 0.15) is 0 Å². The molecule has 136 valence electrons. The van der Waals surface area contributed by atoms with Gasteiger partial charge in [0, 0.05) is 33.4 Å². The molecule has 0 aliphatic carbocycles. The minimum absolute atomic E-state index is 0. The monoisotopic (exact) mass is 465 g/mol. The number of benzene rings is 1. The molecule has 0 spiro atoms. The van der Waals surface area contributed by atoms with E-state index >= 15 is 0 Å². The van der Waals surface area contributed by atoms with Gasteiger partial charge in [-0.3, -0.25) is 4.99 Å². The molecule has 24 heavy (non-hydrogen) atoms. The van der Waals surface area contributed by atoms with Gasteiger partial charge in [-0.2, -0.15) is 0 Å². The van der Waals surface area contributed by atoms with E-state index in [0.717, 1.165) is 36.5 Å². The third kappa shape index (κ3) is 9.27. The summed E-state index contributed by atoms with van der Waals surface area (Å²) < 4.78 is 22.6. The van der Waals surface area contributed by atoms with Crippen LogP contribution in [0.4, 0.5) is 0 Å². The SMILES string of the molecule is C=CCCCN(C)C(=NC)NCc1ccc(CS(C)(=O)=O)cc1.I. The van der Waals surface area contributed by atoms with Crippen LogP contribution in [0.3, 0.4) is 0 Å². The van der Waals surface area contributed by atoms with E-state index in [1.54, 1.807) is 7.05 Å². The first-order valence-corrected chi connectivity index (χ1v) is 9.70. The Bertz CT molecular complexity index is 628. The highest BCUT2D eigenvalue weighted by molar-refractivity contribution is 14.0. The standard InChI is InChI=1S/C17H27N3O2S.HI/c1-5-6-7-12-20(3)17(18-2)19-13-15-8-10-16(11-9-15)14-23(4,21)22;/h5,8-11H,1,6-7,12-14H2,2-4H3,(H,18,19);1H. The second kappa shape index (κ2) is 11.5. The summed E-state index contributed by atoms with van der Waals surface area (Å²) in [5.74, 6) is 0.920. The molecule has 0 amide bonds. The normalized spacial score (nSPS) is 11.5. The summed E-state index contributed by atoms with van der Waals surface area (Å²) in [6, 6.07) is 7.60. The Balaban J connectivity index is 0.00000529. The van der Waals surface area contributed by atoms with Gasteiger partial charge in [0.15, 0.2) is 15.8 Å². The fourth-order valence-electron chi connectivity index (χ4n) is 2.20. The summed E-state index contributed by atoms with van der Waals surface area (Å²) in [6.45, 7) is 5.29. The Morgan fingerprint density at radius 3 is 2.38 bits per heavy atom. The van der Waals surface area contributed by atoms with Gasteiger partial charge in [-0.15, -0.1) is 30.6 Å². The number of rotatable bonds is 8. The Morgan fingerprint density at radius 2 is 1.88 bits per heavy atom. The lowest BCUT2D eigenvalue weighted by Gasteiger charge is -2.22. The van der Waals surface area contributed by atoms with Crippen molar-refractivity contribution in [3.05, 3.63) is 48.0 Å². The van der Waals surface area contributed by atoms with E-state index in [4.69, 9.17) is 0 Å². The number of hydrogen-bond donors (Lipinski definition) is 1. The Labute approximate surface area is 163 Å². The van der Waals surface area contributed by atoms with Crippen LogP contribution in [0.2, 0.25) is 0 Å². The maximum absolute atomic E-state index is 11.3. The molecule has 0 aromatic heterocycles. The van der Waals surface area contributed by atoms with Gasteiger partial charge in [0.2, 0.25) is 0 Å². The zero-order valence-corrected chi connectivity index (χ0v) is 17.8. The summed E-state index contributed by atoms with van der Waals surface area (Å²) >= 11 is 0. The summed E-state index contributed by atoms with van der Waals surface area (Å²) in [6.07, 6.45) is 5.20. The quantitative estimate of drug-likeness (QED) is 0.211. The van der Waals surface area contributed by atoms with Crippen molar-refractivity contribution in [2.45, 2.75) is 25.1 Å². The number of aliphatic imine (C=N–C) groups is 1. The molecule has 1 rings (SSSR count). The molecule has 0 fully saturated rings. The van der Waals surface area contributed by atoms with Gasteiger partial charge in [-0.1, -0.05) is 30.3 Å². The van der Waals surface area contributed by atoms with Gasteiger partial charge in [0.05, 0.1) is 5.75 Å². The predicted molar refractivity (Wildman–Crippen MR) is 113 cm³/mol. The molecule has 0 aliphatic heterocycles. The molecule has 1 aromatic carbocycles. The fourth-order valence-corrected chi connectivity index (χ4v) is 3.00. The van der Waals surface area contributed by atoms with Gasteiger partial charge in [-0.05, 0) is 24.0 Å². The number of hydrogen-bond acceptors (Lipinski definition) is 3. The Morgan fingerprint density at radius 1 is 1.29 bits per heavy atom. The van der Waals surface area contributed by atoms with Crippen LogP contribution < -0.4 is 5.32 Å². The van der Waals surface area contributed by atoms with E-state index < -0.39 is 9.84 Å². The molecule has 0 unspecified atom stereocenters. The number of halogens is 1. The van der Waals surface area contributed by atoms with Crippen LogP contribution in [0.1, 0.15) is 24.0 Å². The third-order valence-electron chi connectivity index (χ3n) is 3.38. The molecule has 0 atom stereocenters. The minimum atomic E-state index is -2.99. The van der Waals surface area contributed by atoms with E-state index in [2.05, 4.69) is 21.8 Å². The van der Waals surface area contributed by atoms with Crippen LogP contribution in [0.25, 0.3) is 0 Å². The first-order chi connectivity index (χ1) is 10.9. The second-order valence-electron chi connectivity index (χ2n) is 5.64. The maximum Gasteiger partial charge on any atom is 0.193 e. The molecular formula is C17H28IN3O2S. The highest BCUT2D eigenvalue weighted by atomic mass is 127. The summed E-state index contributed by atoms with van der Waals surface area (Å²) in [7, 11) is 0.782. The molecule has 1 aromatic rings. The van der Waals surface area contributed by atoms with E-state index in [9.17, 15) is 8.42 Å². The van der Waals surface area contributed by atoms with Crippen LogP contribution in [0.5, 0.6) is 0 Å². The van der Waals surface area contributed by atoms with Gasteiger partial charge in [0.25, 0.3) is 0 Å². The van der Waals surface area contributed by atoms with E-state index in [0.29, 0.717) is 6.54 Å². The lowest BCUT2D eigenvalue weighted by Crippen LogP contribution is -2.38. The van der Waals surface area contributed by atoms with E-state index in [1.165, 1.54) is 6.26 Å². The number of nitrogens with zero attached hydrogens (tertiary/aromatic N) is 2. The van der Waals surface area contributed by atoms with Crippen LogP contribution in [0.15, 0.2) is 41.9 Å². The molecule has 0 heterocycles. The van der Waals surface area contributed by atoms with Crippen molar-refractivity contribution in [1.82, 2.24) is 10.2 Å². The summed E-state index contributed by atoms with van der Waals surface area (Å²) in [4.78, 5) is 6.36.